The topological polar surface area (TPSA) is 90.5 Å². The zero-order valence-electron chi connectivity index (χ0n) is 13.2. The molecular weight excluding hydrogens is 306 g/mol. The van der Waals surface area contributed by atoms with E-state index in [1.165, 1.54) is 6.20 Å². The first kappa shape index (κ1) is 14.6. The molecule has 0 saturated carbocycles. The molecule has 0 aromatic carbocycles. The van der Waals surface area contributed by atoms with Gasteiger partial charge in [-0.05, 0) is 25.5 Å². The molecule has 3 aromatic heterocycles. The maximum Gasteiger partial charge on any atom is 0.259 e. The second-order valence-electron chi connectivity index (χ2n) is 5.85. The van der Waals surface area contributed by atoms with E-state index in [4.69, 9.17) is 0 Å². The molecular formula is C16H17N7O. The fraction of sp³-hybridized carbons (Fsp3) is 0.312. The molecule has 2 unspecified atom stereocenters. The molecule has 0 bridgehead atoms. The Morgan fingerprint density at radius 2 is 2.25 bits per heavy atom. The van der Waals surface area contributed by atoms with Gasteiger partial charge >= 0.3 is 0 Å². The van der Waals surface area contributed by atoms with Crippen molar-refractivity contribution in [3.63, 3.8) is 0 Å². The number of hydrogen-bond donors (Lipinski definition) is 1. The quantitative estimate of drug-likeness (QED) is 0.794. The van der Waals surface area contributed by atoms with E-state index >= 15 is 0 Å². The second-order valence-corrected chi connectivity index (χ2v) is 5.85. The van der Waals surface area contributed by atoms with Crippen molar-refractivity contribution in [3.05, 3.63) is 54.6 Å². The highest BCUT2D eigenvalue weighted by atomic mass is 16.1. The molecule has 1 aliphatic rings. The van der Waals surface area contributed by atoms with Gasteiger partial charge in [-0.2, -0.15) is 4.98 Å². The number of nitrogens with one attached hydrogen (secondary N) is 1. The van der Waals surface area contributed by atoms with Crippen LogP contribution in [0.4, 0.5) is 5.95 Å². The second kappa shape index (κ2) is 5.88. The molecule has 0 aliphatic carbocycles. The van der Waals surface area contributed by atoms with Gasteiger partial charge in [0.2, 0.25) is 5.95 Å². The summed E-state index contributed by atoms with van der Waals surface area (Å²) >= 11 is 0. The molecule has 4 heterocycles. The summed E-state index contributed by atoms with van der Waals surface area (Å²) in [5.74, 6) is 0.960. The van der Waals surface area contributed by atoms with Gasteiger partial charge in [0.15, 0.2) is 0 Å². The molecule has 1 amide bonds. The Morgan fingerprint density at radius 3 is 3.00 bits per heavy atom. The van der Waals surface area contributed by atoms with Crippen LogP contribution in [-0.2, 0) is 6.42 Å². The molecule has 1 N–H and O–H groups in total. The maximum absolute atomic E-state index is 12.2. The first-order valence-corrected chi connectivity index (χ1v) is 7.86. The standard InChI is InChI=1S/C16H17N7O/c1-11-13(22-8-7-18-10-22)4-5-14-19-16(21-23(11)14)20-15(24)12-3-2-6-17-9-12/h2-3,6-11,13H,4-5H2,1H3,(H,20,21,24). The van der Waals surface area contributed by atoms with E-state index in [9.17, 15) is 4.79 Å². The van der Waals surface area contributed by atoms with Crippen molar-refractivity contribution in [2.24, 2.45) is 0 Å². The van der Waals surface area contributed by atoms with Gasteiger partial charge in [0, 0.05) is 31.2 Å². The highest BCUT2D eigenvalue weighted by Crippen LogP contribution is 2.33. The Balaban J connectivity index is 1.55. The predicted octanol–water partition coefficient (Wildman–Crippen LogP) is 1.87. The molecule has 8 heteroatoms. The molecule has 0 radical (unpaired) electrons. The molecule has 122 valence electrons. The van der Waals surface area contributed by atoms with E-state index in [1.54, 1.807) is 24.5 Å². The predicted molar refractivity (Wildman–Crippen MR) is 86.5 cm³/mol. The monoisotopic (exact) mass is 323 g/mol. The van der Waals surface area contributed by atoms with E-state index < -0.39 is 0 Å². The molecule has 3 aromatic rings. The summed E-state index contributed by atoms with van der Waals surface area (Å²) in [6.45, 7) is 2.11. The fourth-order valence-corrected chi connectivity index (χ4v) is 3.12. The van der Waals surface area contributed by atoms with Gasteiger partial charge in [0.1, 0.15) is 5.82 Å². The molecule has 24 heavy (non-hydrogen) atoms. The number of aromatic nitrogens is 6. The lowest BCUT2D eigenvalue weighted by Crippen LogP contribution is -2.27. The lowest BCUT2D eigenvalue weighted by molar-refractivity contribution is 0.102. The third kappa shape index (κ3) is 2.55. The molecule has 1 aliphatic heterocycles. The third-order valence-corrected chi connectivity index (χ3v) is 4.37. The highest BCUT2D eigenvalue weighted by molar-refractivity contribution is 6.03. The van der Waals surface area contributed by atoms with Crippen molar-refractivity contribution in [1.29, 1.82) is 0 Å². The lowest BCUT2D eigenvalue weighted by atomic mass is 10.00. The number of imidazole rings is 1. The largest absolute Gasteiger partial charge is 0.332 e. The smallest absolute Gasteiger partial charge is 0.259 e. The molecule has 8 nitrogen and oxygen atoms in total. The van der Waals surface area contributed by atoms with Crippen LogP contribution in [-0.4, -0.2) is 35.2 Å². The van der Waals surface area contributed by atoms with Gasteiger partial charge in [-0.3, -0.25) is 15.1 Å². The summed E-state index contributed by atoms with van der Waals surface area (Å²) in [6, 6.07) is 3.84. The van der Waals surface area contributed by atoms with E-state index in [1.807, 2.05) is 17.2 Å². The normalized spacial score (nSPS) is 19.7. The van der Waals surface area contributed by atoms with Gasteiger partial charge in [-0.15, -0.1) is 5.10 Å². The van der Waals surface area contributed by atoms with Crippen LogP contribution in [0.5, 0.6) is 0 Å². The SMILES string of the molecule is CC1C(n2ccnc2)CCc2nc(NC(=O)c3cccnc3)nn21. The van der Waals surface area contributed by atoms with Crippen molar-refractivity contribution < 1.29 is 4.79 Å². The number of carbonyl (C=O) groups is 1. The molecule has 0 spiro atoms. The summed E-state index contributed by atoms with van der Waals surface area (Å²) in [6.07, 6.45) is 10.5. The summed E-state index contributed by atoms with van der Waals surface area (Å²) in [5.41, 5.74) is 0.481. The number of fused-ring (bicyclic) bond motifs is 1. The first-order valence-electron chi connectivity index (χ1n) is 7.86. The average Bonchev–Trinajstić information content (AvgIpc) is 3.26. The van der Waals surface area contributed by atoms with E-state index in [0.29, 0.717) is 11.5 Å². The molecule has 2 atom stereocenters. The zero-order valence-corrected chi connectivity index (χ0v) is 13.2. The van der Waals surface area contributed by atoms with E-state index in [2.05, 4.69) is 36.9 Å². The van der Waals surface area contributed by atoms with Crippen molar-refractivity contribution in [2.45, 2.75) is 31.8 Å². The number of aryl methyl sites for hydroxylation is 1. The minimum atomic E-state index is -0.259. The van der Waals surface area contributed by atoms with Crippen LogP contribution in [0.2, 0.25) is 0 Å². The van der Waals surface area contributed by atoms with Gasteiger partial charge in [-0.25, -0.2) is 9.67 Å². The van der Waals surface area contributed by atoms with Gasteiger partial charge in [0.05, 0.1) is 24.0 Å². The summed E-state index contributed by atoms with van der Waals surface area (Å²) in [7, 11) is 0. The summed E-state index contributed by atoms with van der Waals surface area (Å²) < 4.78 is 4.00. The molecule has 0 fully saturated rings. The van der Waals surface area contributed by atoms with E-state index in [0.717, 1.165) is 18.7 Å². The number of amides is 1. The van der Waals surface area contributed by atoms with Crippen LogP contribution in [0, 0.1) is 0 Å². The van der Waals surface area contributed by atoms with Crippen LogP contribution in [0.3, 0.4) is 0 Å². The van der Waals surface area contributed by atoms with Crippen LogP contribution in [0.1, 0.15) is 41.6 Å². The number of carbonyl (C=O) groups excluding carboxylic acids is 1. The Kier molecular flexibility index (Phi) is 3.56. The minimum absolute atomic E-state index is 0.138. The van der Waals surface area contributed by atoms with Crippen LogP contribution < -0.4 is 5.32 Å². The average molecular weight is 323 g/mol. The Morgan fingerprint density at radius 1 is 1.33 bits per heavy atom. The van der Waals surface area contributed by atoms with Crippen LogP contribution >= 0.6 is 0 Å². The zero-order chi connectivity index (χ0) is 16.5. The highest BCUT2D eigenvalue weighted by Gasteiger charge is 2.29. The van der Waals surface area contributed by atoms with Gasteiger partial charge in [-0.1, -0.05) is 0 Å². The van der Waals surface area contributed by atoms with E-state index in [-0.39, 0.29) is 18.0 Å². The number of nitrogens with zero attached hydrogens (tertiary/aromatic N) is 6. The molecule has 0 saturated heterocycles. The number of pyridine rings is 1. The minimum Gasteiger partial charge on any atom is -0.332 e. The van der Waals surface area contributed by atoms with Crippen molar-refractivity contribution >= 4 is 11.9 Å². The Bertz CT molecular complexity index is 841. The van der Waals surface area contributed by atoms with Crippen molar-refractivity contribution in [2.75, 3.05) is 5.32 Å². The van der Waals surface area contributed by atoms with Crippen molar-refractivity contribution in [3.8, 4) is 0 Å². The third-order valence-electron chi connectivity index (χ3n) is 4.37. The Hall–Kier alpha value is -3.03. The fourth-order valence-electron chi connectivity index (χ4n) is 3.12. The van der Waals surface area contributed by atoms with Crippen LogP contribution in [0.25, 0.3) is 0 Å². The maximum atomic E-state index is 12.2. The number of anilines is 1. The van der Waals surface area contributed by atoms with Crippen LogP contribution in [0.15, 0.2) is 43.2 Å². The van der Waals surface area contributed by atoms with Gasteiger partial charge < -0.3 is 4.57 Å². The number of hydrogen-bond acceptors (Lipinski definition) is 5. The number of rotatable bonds is 3. The lowest BCUT2D eigenvalue weighted by Gasteiger charge is -2.30. The molecule has 4 rings (SSSR count). The van der Waals surface area contributed by atoms with Crippen molar-refractivity contribution in [1.82, 2.24) is 29.3 Å². The summed E-state index contributed by atoms with van der Waals surface area (Å²) in [5, 5.41) is 7.22. The first-order chi connectivity index (χ1) is 11.7. The Labute approximate surface area is 138 Å². The van der Waals surface area contributed by atoms with Gasteiger partial charge in [0.25, 0.3) is 5.91 Å². The summed E-state index contributed by atoms with van der Waals surface area (Å²) in [4.78, 5) is 24.7.